The van der Waals surface area contributed by atoms with E-state index >= 15 is 0 Å². The lowest BCUT2D eigenvalue weighted by molar-refractivity contribution is -0.158. The molecule has 0 bridgehead atoms. The molecule has 4 aromatic rings. The van der Waals surface area contributed by atoms with Crippen LogP contribution in [0.25, 0.3) is 0 Å². The molecular weight excluding hydrogens is 653 g/mol. The fourth-order valence-corrected chi connectivity index (χ4v) is 6.57. The number of carbonyl (C=O) groups is 2. The van der Waals surface area contributed by atoms with Crippen LogP contribution in [-0.2, 0) is 40.1 Å². The van der Waals surface area contributed by atoms with Gasteiger partial charge in [0.2, 0.25) is 0 Å². The molecular formula is C37H42O9S2. The van der Waals surface area contributed by atoms with Gasteiger partial charge in [-0.05, 0) is 121 Å². The van der Waals surface area contributed by atoms with Crippen LogP contribution in [0.2, 0.25) is 0 Å². The minimum Gasteiger partial charge on any atom is -0.744 e. The summed E-state index contributed by atoms with van der Waals surface area (Å²) in [6.45, 7) is 12.5. The first-order valence-corrected chi connectivity index (χ1v) is 17.7. The minimum atomic E-state index is -4.27. The summed E-state index contributed by atoms with van der Waals surface area (Å²) in [5.74, 6) is 0.374. The molecule has 9 nitrogen and oxygen atoms in total. The van der Waals surface area contributed by atoms with Gasteiger partial charge in [0.05, 0.1) is 15.8 Å². The number of rotatable bonds is 10. The van der Waals surface area contributed by atoms with E-state index in [-0.39, 0.29) is 29.0 Å². The van der Waals surface area contributed by atoms with Crippen molar-refractivity contribution >= 4 is 33.0 Å². The molecule has 0 N–H and O–H groups in total. The molecule has 0 saturated heterocycles. The van der Waals surface area contributed by atoms with Crippen molar-refractivity contribution in [3.05, 3.63) is 109 Å². The number of ether oxygens (including phenoxy) is 4. The molecule has 0 atom stereocenters. The van der Waals surface area contributed by atoms with E-state index in [0.29, 0.717) is 11.5 Å². The highest BCUT2D eigenvalue weighted by atomic mass is 32.2. The first-order chi connectivity index (χ1) is 22.4. The molecule has 4 rings (SSSR count). The number of esters is 2. The molecule has 256 valence electrons. The van der Waals surface area contributed by atoms with E-state index in [0.717, 1.165) is 20.2 Å². The normalized spacial score (nSPS) is 11.6. The third-order valence-corrected chi connectivity index (χ3v) is 9.04. The summed E-state index contributed by atoms with van der Waals surface area (Å²) < 4.78 is 53.0. The lowest BCUT2D eigenvalue weighted by Crippen LogP contribution is -2.27. The van der Waals surface area contributed by atoms with Crippen molar-refractivity contribution in [3.8, 4) is 11.5 Å². The average Bonchev–Trinajstić information content (AvgIpc) is 2.99. The first-order valence-electron chi connectivity index (χ1n) is 15.1. The Bertz CT molecular complexity index is 1650. The van der Waals surface area contributed by atoms with Gasteiger partial charge >= 0.3 is 11.9 Å². The predicted octanol–water partition coefficient (Wildman–Crippen LogP) is 7.12. The summed E-state index contributed by atoms with van der Waals surface area (Å²) in [5.41, 5.74) is -0.174. The second-order valence-corrected chi connectivity index (χ2v) is 16.0. The SMILES string of the molecule is CC(C)(C)OC(=O)COc1ccc([S+](c2ccccc2)c2ccc(OCC(=O)OC(C)(C)C)cc2)cc1.Cc1ccc(S(=O)(=O)[O-])cc1. The highest BCUT2D eigenvalue weighted by Crippen LogP contribution is 2.33. The maximum Gasteiger partial charge on any atom is 0.344 e. The van der Waals surface area contributed by atoms with E-state index in [4.69, 9.17) is 18.9 Å². The number of carbonyl (C=O) groups excluding carboxylic acids is 2. The maximum atomic E-state index is 12.0. The Hall–Kier alpha value is -4.32. The molecule has 0 radical (unpaired) electrons. The van der Waals surface area contributed by atoms with Crippen LogP contribution in [0.4, 0.5) is 0 Å². The summed E-state index contributed by atoms with van der Waals surface area (Å²) in [4.78, 5) is 27.1. The minimum absolute atomic E-state index is 0.147. The van der Waals surface area contributed by atoms with Crippen LogP contribution in [-0.4, -0.2) is 49.3 Å². The van der Waals surface area contributed by atoms with Crippen molar-refractivity contribution in [2.24, 2.45) is 0 Å². The van der Waals surface area contributed by atoms with Crippen LogP contribution in [0.3, 0.4) is 0 Å². The van der Waals surface area contributed by atoms with Gasteiger partial charge in [-0.1, -0.05) is 35.9 Å². The van der Waals surface area contributed by atoms with Gasteiger partial charge in [0.25, 0.3) is 0 Å². The third kappa shape index (κ3) is 13.4. The van der Waals surface area contributed by atoms with Gasteiger partial charge in [0, 0.05) is 0 Å². The zero-order valence-corrected chi connectivity index (χ0v) is 29.9. The van der Waals surface area contributed by atoms with Crippen LogP contribution in [0.5, 0.6) is 11.5 Å². The maximum absolute atomic E-state index is 12.0. The van der Waals surface area contributed by atoms with Crippen molar-refractivity contribution < 1.29 is 41.5 Å². The van der Waals surface area contributed by atoms with Crippen molar-refractivity contribution in [1.82, 2.24) is 0 Å². The molecule has 0 aliphatic rings. The standard InChI is InChI=1S/C30H35O6S.C7H8O3S/c1-29(2,3)35-27(31)20-33-22-12-16-25(17-13-22)37(24-10-8-7-9-11-24)26-18-14-23(15-19-26)34-21-28(32)36-30(4,5)6;1-6-2-4-7(5-3-6)11(8,9)10/h7-19H,20-21H2,1-6H3;2-5H,1H3,(H,8,9,10)/q+1;/p-1. The molecule has 0 fully saturated rings. The van der Waals surface area contributed by atoms with E-state index in [1.54, 1.807) is 12.1 Å². The molecule has 0 aromatic heterocycles. The summed E-state index contributed by atoms with van der Waals surface area (Å²) in [6, 6.07) is 31.5. The second-order valence-electron chi connectivity index (χ2n) is 12.6. The molecule has 0 heterocycles. The van der Waals surface area contributed by atoms with Crippen molar-refractivity contribution in [2.75, 3.05) is 13.2 Å². The summed E-state index contributed by atoms with van der Waals surface area (Å²) in [7, 11) is -4.65. The van der Waals surface area contributed by atoms with Gasteiger partial charge in [0.15, 0.2) is 27.9 Å². The van der Waals surface area contributed by atoms with Crippen LogP contribution in [0.15, 0.2) is 123 Å². The van der Waals surface area contributed by atoms with E-state index in [1.807, 2.05) is 115 Å². The Labute approximate surface area is 286 Å². The largest absolute Gasteiger partial charge is 0.744 e. The van der Waals surface area contributed by atoms with Crippen molar-refractivity contribution in [3.63, 3.8) is 0 Å². The zero-order chi connectivity index (χ0) is 35.5. The summed E-state index contributed by atoms with van der Waals surface area (Å²) in [6.07, 6.45) is 0. The lowest BCUT2D eigenvalue weighted by Gasteiger charge is -2.19. The van der Waals surface area contributed by atoms with Gasteiger partial charge in [-0.2, -0.15) is 0 Å². The number of aryl methyl sites for hydroxylation is 1. The molecule has 0 aliphatic carbocycles. The lowest BCUT2D eigenvalue weighted by atomic mass is 10.2. The van der Waals surface area contributed by atoms with Crippen LogP contribution >= 0.6 is 0 Å². The molecule has 0 unspecified atom stereocenters. The molecule has 0 saturated carbocycles. The van der Waals surface area contributed by atoms with Gasteiger partial charge < -0.3 is 23.5 Å². The zero-order valence-electron chi connectivity index (χ0n) is 28.2. The Balaban J connectivity index is 0.000000480. The molecule has 0 aliphatic heterocycles. The summed E-state index contributed by atoms with van der Waals surface area (Å²) in [5, 5.41) is 0. The van der Waals surface area contributed by atoms with Crippen molar-refractivity contribution in [1.29, 1.82) is 0 Å². The Morgan fingerprint density at radius 1 is 0.604 bits per heavy atom. The van der Waals surface area contributed by atoms with Gasteiger partial charge in [-0.25, -0.2) is 18.0 Å². The Morgan fingerprint density at radius 2 is 0.979 bits per heavy atom. The van der Waals surface area contributed by atoms with Gasteiger partial charge in [-0.3, -0.25) is 0 Å². The molecule has 0 amide bonds. The first kappa shape index (κ1) is 38.1. The monoisotopic (exact) mass is 694 g/mol. The second kappa shape index (κ2) is 16.7. The third-order valence-electron chi connectivity index (χ3n) is 5.96. The van der Waals surface area contributed by atoms with E-state index < -0.39 is 33.3 Å². The van der Waals surface area contributed by atoms with Crippen LogP contribution in [0.1, 0.15) is 47.1 Å². The quantitative estimate of drug-likeness (QED) is 0.0968. The Morgan fingerprint density at radius 3 is 1.33 bits per heavy atom. The van der Waals surface area contributed by atoms with Gasteiger partial charge in [0.1, 0.15) is 32.8 Å². The number of hydrogen-bond acceptors (Lipinski definition) is 9. The number of benzene rings is 4. The average molecular weight is 695 g/mol. The molecule has 0 spiro atoms. The van der Waals surface area contributed by atoms with Gasteiger partial charge in [-0.15, -0.1) is 0 Å². The van der Waals surface area contributed by atoms with E-state index in [9.17, 15) is 22.6 Å². The Kier molecular flexibility index (Phi) is 13.2. The predicted molar refractivity (Wildman–Crippen MR) is 183 cm³/mol. The molecule has 48 heavy (non-hydrogen) atoms. The number of hydrogen-bond donors (Lipinski definition) is 0. The van der Waals surface area contributed by atoms with E-state index in [2.05, 4.69) is 12.1 Å². The summed E-state index contributed by atoms with van der Waals surface area (Å²) >= 11 is 0. The molecule has 4 aromatic carbocycles. The molecule has 11 heteroatoms. The topological polar surface area (TPSA) is 128 Å². The van der Waals surface area contributed by atoms with E-state index in [1.165, 1.54) is 12.1 Å². The van der Waals surface area contributed by atoms with Crippen LogP contribution < -0.4 is 9.47 Å². The highest BCUT2D eigenvalue weighted by molar-refractivity contribution is 7.97. The fourth-order valence-electron chi connectivity index (χ4n) is 4.04. The highest BCUT2D eigenvalue weighted by Gasteiger charge is 2.29. The van der Waals surface area contributed by atoms with Crippen LogP contribution in [0, 0.1) is 6.92 Å². The smallest absolute Gasteiger partial charge is 0.344 e. The van der Waals surface area contributed by atoms with Crippen molar-refractivity contribution in [2.45, 2.75) is 79.3 Å². The fraction of sp³-hybridized carbons (Fsp3) is 0.297.